The second kappa shape index (κ2) is 8.55. The van der Waals surface area contributed by atoms with Gasteiger partial charge in [-0.3, -0.25) is 9.59 Å². The minimum Gasteiger partial charge on any atom is -0.503 e. The summed E-state index contributed by atoms with van der Waals surface area (Å²) >= 11 is 12.0. The second-order valence-electron chi connectivity index (χ2n) is 7.23. The third kappa shape index (κ3) is 4.35. The molecular weight excluding hydrogens is 403 g/mol. The highest BCUT2D eigenvalue weighted by molar-refractivity contribution is 6.42. The molecule has 3 rings (SSSR count). The molecule has 28 heavy (non-hydrogen) atoms. The molecule has 1 aliphatic rings. The SMILES string of the molecule is CC(C)COCc1cc(=O)c(O)c2n1CCN(Cc1ccc(Cl)c(Cl)c1)C2=O. The number of carbonyl (C=O) groups excluding carboxylic acids is 1. The van der Waals surface area contributed by atoms with Gasteiger partial charge in [-0.15, -0.1) is 0 Å². The fourth-order valence-electron chi connectivity index (χ4n) is 3.16. The van der Waals surface area contributed by atoms with E-state index in [9.17, 15) is 14.7 Å². The summed E-state index contributed by atoms with van der Waals surface area (Å²) in [5.74, 6) is -0.581. The first-order chi connectivity index (χ1) is 13.3. The molecule has 1 N–H and O–H groups in total. The minimum absolute atomic E-state index is 0.00181. The first kappa shape index (κ1) is 20.7. The summed E-state index contributed by atoms with van der Waals surface area (Å²) in [5.41, 5.74) is 0.816. The van der Waals surface area contributed by atoms with Crippen LogP contribution in [0.15, 0.2) is 29.1 Å². The van der Waals surface area contributed by atoms with Crippen LogP contribution in [0.25, 0.3) is 0 Å². The number of pyridine rings is 1. The number of ether oxygens (including phenoxy) is 1. The third-order valence-electron chi connectivity index (χ3n) is 4.51. The van der Waals surface area contributed by atoms with Gasteiger partial charge in [-0.1, -0.05) is 43.1 Å². The average Bonchev–Trinajstić information content (AvgIpc) is 2.63. The van der Waals surface area contributed by atoms with Crippen LogP contribution in [0.3, 0.4) is 0 Å². The lowest BCUT2D eigenvalue weighted by Gasteiger charge is -2.32. The van der Waals surface area contributed by atoms with Crippen LogP contribution in [0.2, 0.25) is 10.0 Å². The number of halogens is 2. The van der Waals surface area contributed by atoms with Crippen LogP contribution in [0.4, 0.5) is 0 Å². The van der Waals surface area contributed by atoms with E-state index >= 15 is 0 Å². The van der Waals surface area contributed by atoms with Gasteiger partial charge in [0.05, 0.1) is 16.7 Å². The third-order valence-corrected chi connectivity index (χ3v) is 5.25. The Morgan fingerprint density at radius 2 is 1.89 bits per heavy atom. The normalized spacial score (nSPS) is 13.9. The van der Waals surface area contributed by atoms with Crippen molar-refractivity contribution >= 4 is 29.1 Å². The van der Waals surface area contributed by atoms with Crippen LogP contribution < -0.4 is 5.43 Å². The van der Waals surface area contributed by atoms with Gasteiger partial charge in [-0.2, -0.15) is 0 Å². The van der Waals surface area contributed by atoms with E-state index in [2.05, 4.69) is 0 Å². The van der Waals surface area contributed by atoms with E-state index in [-0.39, 0.29) is 12.3 Å². The summed E-state index contributed by atoms with van der Waals surface area (Å²) in [6.07, 6.45) is 0. The van der Waals surface area contributed by atoms with Gasteiger partial charge < -0.3 is 19.3 Å². The number of carbonyl (C=O) groups is 1. The Hall–Kier alpha value is -2.02. The Morgan fingerprint density at radius 3 is 2.57 bits per heavy atom. The van der Waals surface area contributed by atoms with E-state index in [1.807, 2.05) is 13.8 Å². The van der Waals surface area contributed by atoms with E-state index in [1.54, 1.807) is 27.7 Å². The minimum atomic E-state index is -0.584. The lowest BCUT2D eigenvalue weighted by Crippen LogP contribution is -2.42. The highest BCUT2D eigenvalue weighted by atomic mass is 35.5. The molecule has 6 nitrogen and oxygen atoms in total. The van der Waals surface area contributed by atoms with Gasteiger partial charge in [0.1, 0.15) is 0 Å². The molecule has 8 heteroatoms. The Balaban J connectivity index is 1.87. The smallest absolute Gasteiger partial charge is 0.274 e. The lowest BCUT2D eigenvalue weighted by molar-refractivity contribution is 0.0659. The maximum absolute atomic E-state index is 13.0. The van der Waals surface area contributed by atoms with Crippen LogP contribution >= 0.6 is 23.2 Å². The van der Waals surface area contributed by atoms with Gasteiger partial charge in [0, 0.05) is 38.0 Å². The zero-order valence-electron chi connectivity index (χ0n) is 15.7. The van der Waals surface area contributed by atoms with Crippen LogP contribution in [-0.4, -0.2) is 33.6 Å². The van der Waals surface area contributed by atoms with E-state index in [0.29, 0.717) is 47.9 Å². The summed E-state index contributed by atoms with van der Waals surface area (Å²) in [6, 6.07) is 6.50. The molecular formula is C20H22Cl2N2O4. The second-order valence-corrected chi connectivity index (χ2v) is 8.05. The number of aromatic hydroxyl groups is 1. The molecule has 0 unspecified atom stereocenters. The van der Waals surface area contributed by atoms with E-state index < -0.39 is 17.1 Å². The molecule has 0 spiro atoms. The van der Waals surface area contributed by atoms with Crippen molar-refractivity contribution in [1.82, 2.24) is 9.47 Å². The van der Waals surface area contributed by atoms with Crippen molar-refractivity contribution in [2.75, 3.05) is 13.2 Å². The Bertz CT molecular complexity index is 956. The molecule has 0 bridgehead atoms. The number of aromatic nitrogens is 1. The number of amides is 1. The molecule has 1 amide bonds. The fraction of sp³-hybridized carbons (Fsp3) is 0.400. The van der Waals surface area contributed by atoms with Gasteiger partial charge in [0.2, 0.25) is 5.43 Å². The Labute approximate surface area is 173 Å². The van der Waals surface area contributed by atoms with Crippen molar-refractivity contribution in [2.24, 2.45) is 5.92 Å². The monoisotopic (exact) mass is 424 g/mol. The van der Waals surface area contributed by atoms with Gasteiger partial charge in [-0.05, 0) is 23.6 Å². The van der Waals surface area contributed by atoms with Crippen LogP contribution in [-0.2, 0) is 24.4 Å². The van der Waals surface area contributed by atoms with Gasteiger partial charge in [0.25, 0.3) is 5.91 Å². The summed E-state index contributed by atoms with van der Waals surface area (Å²) in [6.45, 7) is 6.01. The molecule has 1 aromatic heterocycles. The van der Waals surface area contributed by atoms with E-state index in [4.69, 9.17) is 27.9 Å². The average molecular weight is 425 g/mol. The van der Waals surface area contributed by atoms with Crippen molar-refractivity contribution in [3.05, 3.63) is 61.5 Å². The van der Waals surface area contributed by atoms with Crippen molar-refractivity contribution < 1.29 is 14.6 Å². The summed E-state index contributed by atoms with van der Waals surface area (Å²) in [4.78, 5) is 26.7. The number of hydrogen-bond acceptors (Lipinski definition) is 4. The zero-order valence-corrected chi connectivity index (χ0v) is 17.3. The number of nitrogens with zero attached hydrogens (tertiary/aromatic N) is 2. The predicted octanol–water partition coefficient (Wildman–Crippen LogP) is 3.69. The van der Waals surface area contributed by atoms with Gasteiger partial charge in [0.15, 0.2) is 11.4 Å². The van der Waals surface area contributed by atoms with E-state index in [0.717, 1.165) is 5.56 Å². The van der Waals surface area contributed by atoms with Gasteiger partial charge in [-0.25, -0.2) is 0 Å². The van der Waals surface area contributed by atoms with Crippen molar-refractivity contribution in [3.8, 4) is 5.75 Å². The van der Waals surface area contributed by atoms with Crippen molar-refractivity contribution in [2.45, 2.75) is 33.5 Å². The Kier molecular flexibility index (Phi) is 6.33. The van der Waals surface area contributed by atoms with Crippen molar-refractivity contribution in [3.63, 3.8) is 0 Å². The summed E-state index contributed by atoms with van der Waals surface area (Å²) < 4.78 is 7.30. The first-order valence-corrected chi connectivity index (χ1v) is 9.80. The number of benzene rings is 1. The molecule has 2 aromatic rings. The summed E-state index contributed by atoms with van der Waals surface area (Å²) in [5, 5.41) is 11.1. The van der Waals surface area contributed by atoms with Crippen molar-refractivity contribution in [1.29, 1.82) is 0 Å². The quantitative estimate of drug-likeness (QED) is 0.767. The fourth-order valence-corrected chi connectivity index (χ4v) is 3.48. The highest BCUT2D eigenvalue weighted by Crippen LogP contribution is 2.26. The largest absolute Gasteiger partial charge is 0.503 e. The Morgan fingerprint density at radius 1 is 1.14 bits per heavy atom. The van der Waals surface area contributed by atoms with Gasteiger partial charge >= 0.3 is 0 Å². The zero-order chi connectivity index (χ0) is 20.4. The highest BCUT2D eigenvalue weighted by Gasteiger charge is 2.30. The maximum Gasteiger partial charge on any atom is 0.274 e. The summed E-state index contributed by atoms with van der Waals surface area (Å²) in [7, 11) is 0. The molecule has 1 aromatic carbocycles. The predicted molar refractivity (Wildman–Crippen MR) is 108 cm³/mol. The number of fused-ring (bicyclic) bond motifs is 1. The topological polar surface area (TPSA) is 71.8 Å². The van der Waals surface area contributed by atoms with Crippen LogP contribution in [0, 0.1) is 5.92 Å². The molecule has 1 aliphatic heterocycles. The molecule has 0 radical (unpaired) electrons. The van der Waals surface area contributed by atoms with E-state index in [1.165, 1.54) is 6.07 Å². The first-order valence-electron chi connectivity index (χ1n) is 9.04. The van der Waals surface area contributed by atoms with Crippen LogP contribution in [0.5, 0.6) is 5.75 Å². The van der Waals surface area contributed by atoms with Crippen LogP contribution in [0.1, 0.15) is 35.6 Å². The molecule has 0 saturated heterocycles. The maximum atomic E-state index is 13.0. The standard InChI is InChI=1S/C20H22Cl2N2O4/c1-12(2)10-28-11-14-8-17(25)19(26)18-20(27)23(5-6-24(14)18)9-13-3-4-15(21)16(22)7-13/h3-4,7-8,12,26H,5-6,9-11H2,1-2H3. The number of hydrogen-bond donors (Lipinski definition) is 1. The molecule has 150 valence electrons. The molecule has 0 atom stereocenters. The number of rotatable bonds is 6. The molecule has 0 fully saturated rings. The molecule has 2 heterocycles. The molecule has 0 aliphatic carbocycles. The lowest BCUT2D eigenvalue weighted by atomic mass is 10.1. The molecule has 0 saturated carbocycles.